The van der Waals surface area contributed by atoms with Crippen LogP contribution in [0.4, 0.5) is 20.4 Å². The van der Waals surface area contributed by atoms with E-state index < -0.39 is 33.1 Å². The third kappa shape index (κ3) is 3.58. The summed E-state index contributed by atoms with van der Waals surface area (Å²) >= 11 is 0. The summed E-state index contributed by atoms with van der Waals surface area (Å²) in [6, 6.07) is 3.60. The summed E-state index contributed by atoms with van der Waals surface area (Å²) in [4.78, 5) is 8.42. The number of nitrogens with zero attached hydrogens (tertiary/aromatic N) is 3. The van der Waals surface area contributed by atoms with Crippen molar-refractivity contribution in [1.29, 1.82) is 0 Å². The Balaban J connectivity index is 2.48. The molecule has 1 aromatic carbocycles. The molecule has 0 amide bonds. The molecule has 0 aliphatic carbocycles. The van der Waals surface area contributed by atoms with E-state index >= 15 is 0 Å². The number of hydrogen-bond acceptors (Lipinski definition) is 7. The van der Waals surface area contributed by atoms with E-state index in [9.17, 15) is 17.2 Å². The Morgan fingerprint density at radius 2 is 1.81 bits per heavy atom. The number of anilines is 2. The van der Waals surface area contributed by atoms with E-state index in [0.29, 0.717) is 0 Å². The molecular weight excluding hydrogens is 310 g/mol. The molecule has 2 aromatic rings. The standard InChI is InChI=1S/C10H8F2N4O4S/c1-20-5-2-3-6(7(4-5)21(17,18)19)13-10-15-8(11)14-9(12)16-10/h2-4H,1H3,(H,17,18,19)(H,13,14,15,16). The van der Waals surface area contributed by atoms with Gasteiger partial charge in [-0.1, -0.05) is 0 Å². The highest BCUT2D eigenvalue weighted by Gasteiger charge is 2.18. The molecule has 0 fully saturated rings. The van der Waals surface area contributed by atoms with Crippen LogP contribution >= 0.6 is 0 Å². The number of nitrogens with one attached hydrogen (secondary N) is 1. The maximum Gasteiger partial charge on any atom is 0.315 e. The van der Waals surface area contributed by atoms with Crippen LogP contribution in [0.3, 0.4) is 0 Å². The van der Waals surface area contributed by atoms with Gasteiger partial charge in [-0.15, -0.1) is 0 Å². The average Bonchev–Trinajstić information content (AvgIpc) is 2.36. The highest BCUT2D eigenvalue weighted by atomic mass is 32.2. The van der Waals surface area contributed by atoms with Crippen molar-refractivity contribution in [2.24, 2.45) is 0 Å². The number of halogens is 2. The van der Waals surface area contributed by atoms with E-state index in [1.54, 1.807) is 0 Å². The maximum absolute atomic E-state index is 12.9. The number of ether oxygens (including phenoxy) is 1. The summed E-state index contributed by atoms with van der Waals surface area (Å²) in [5.41, 5.74) is -0.191. The quantitative estimate of drug-likeness (QED) is 0.807. The lowest BCUT2D eigenvalue weighted by atomic mass is 10.3. The smallest absolute Gasteiger partial charge is 0.315 e. The summed E-state index contributed by atoms with van der Waals surface area (Å²) in [6.45, 7) is 0. The van der Waals surface area contributed by atoms with Crippen LogP contribution in [0.5, 0.6) is 5.75 Å². The summed E-state index contributed by atoms with van der Waals surface area (Å²) in [7, 11) is -3.31. The van der Waals surface area contributed by atoms with Gasteiger partial charge in [0, 0.05) is 6.07 Å². The molecule has 0 atom stereocenters. The summed E-state index contributed by atoms with van der Waals surface area (Å²) in [5.74, 6) is -0.406. The van der Waals surface area contributed by atoms with E-state index in [1.807, 2.05) is 0 Å². The molecule has 0 saturated heterocycles. The molecule has 21 heavy (non-hydrogen) atoms. The third-order valence-corrected chi connectivity index (χ3v) is 3.19. The number of hydrogen-bond donors (Lipinski definition) is 2. The topological polar surface area (TPSA) is 114 Å². The maximum atomic E-state index is 12.9. The zero-order valence-corrected chi connectivity index (χ0v) is 11.2. The molecular formula is C10H8F2N4O4S. The van der Waals surface area contributed by atoms with Crippen molar-refractivity contribution < 1.29 is 26.5 Å². The summed E-state index contributed by atoms with van der Waals surface area (Å²) in [6.07, 6.45) is -2.76. The summed E-state index contributed by atoms with van der Waals surface area (Å²) < 4.78 is 62.3. The molecule has 1 heterocycles. The fourth-order valence-electron chi connectivity index (χ4n) is 1.45. The van der Waals surface area contributed by atoms with Crippen LogP contribution in [-0.4, -0.2) is 35.0 Å². The van der Waals surface area contributed by atoms with E-state index in [1.165, 1.54) is 19.2 Å². The van der Waals surface area contributed by atoms with E-state index in [4.69, 9.17) is 9.29 Å². The molecule has 112 valence electrons. The third-order valence-electron chi connectivity index (χ3n) is 2.29. The predicted octanol–water partition coefficient (Wildman–Crippen LogP) is 1.15. The molecule has 0 aliphatic heterocycles. The molecule has 0 aliphatic rings. The first-order valence-corrected chi connectivity index (χ1v) is 6.73. The van der Waals surface area contributed by atoms with Crippen LogP contribution in [0.2, 0.25) is 0 Å². The van der Waals surface area contributed by atoms with Gasteiger partial charge in [0.05, 0.1) is 12.8 Å². The van der Waals surface area contributed by atoms with Gasteiger partial charge in [0.1, 0.15) is 10.6 Å². The van der Waals surface area contributed by atoms with Crippen molar-refractivity contribution in [3.8, 4) is 5.75 Å². The summed E-state index contributed by atoms with van der Waals surface area (Å²) in [5, 5.41) is 2.28. The lowest BCUT2D eigenvalue weighted by Gasteiger charge is -2.10. The van der Waals surface area contributed by atoms with E-state index in [2.05, 4.69) is 20.3 Å². The minimum absolute atomic E-state index is 0.154. The Kier molecular flexibility index (Phi) is 3.95. The second-order valence-corrected chi connectivity index (χ2v) is 5.05. The molecule has 1 aromatic heterocycles. The molecule has 8 nitrogen and oxygen atoms in total. The van der Waals surface area contributed by atoms with Gasteiger partial charge >= 0.3 is 12.2 Å². The molecule has 11 heteroatoms. The zero-order chi connectivity index (χ0) is 15.6. The van der Waals surface area contributed by atoms with Gasteiger partial charge in [-0.3, -0.25) is 4.55 Å². The second kappa shape index (κ2) is 5.54. The Morgan fingerprint density at radius 1 is 1.19 bits per heavy atom. The second-order valence-electron chi connectivity index (χ2n) is 3.66. The average molecular weight is 318 g/mol. The van der Waals surface area contributed by atoms with Crippen molar-refractivity contribution in [2.75, 3.05) is 12.4 Å². The molecule has 0 saturated carbocycles. The molecule has 0 bridgehead atoms. The molecule has 0 radical (unpaired) electrons. The highest BCUT2D eigenvalue weighted by Crippen LogP contribution is 2.27. The molecule has 0 spiro atoms. The van der Waals surface area contributed by atoms with E-state index in [-0.39, 0.29) is 11.4 Å². The van der Waals surface area contributed by atoms with Gasteiger partial charge in [0.25, 0.3) is 10.1 Å². The van der Waals surface area contributed by atoms with Crippen molar-refractivity contribution in [2.45, 2.75) is 4.90 Å². The Hall–Kier alpha value is -2.40. The zero-order valence-electron chi connectivity index (χ0n) is 10.4. The lowest BCUT2D eigenvalue weighted by molar-refractivity contribution is 0.412. The Bertz CT molecular complexity index is 764. The van der Waals surface area contributed by atoms with Crippen LogP contribution in [0.1, 0.15) is 0 Å². The van der Waals surface area contributed by atoms with Gasteiger partial charge in [0.2, 0.25) is 5.95 Å². The normalized spacial score (nSPS) is 11.2. The van der Waals surface area contributed by atoms with Gasteiger partial charge in [0.15, 0.2) is 0 Å². The Labute approximate surface area is 117 Å². The Morgan fingerprint density at radius 3 is 2.33 bits per heavy atom. The fraction of sp³-hybridized carbons (Fsp3) is 0.100. The molecule has 0 unspecified atom stereocenters. The molecule has 2 N–H and O–H groups in total. The lowest BCUT2D eigenvalue weighted by Crippen LogP contribution is -2.08. The van der Waals surface area contributed by atoms with Gasteiger partial charge in [-0.05, 0) is 12.1 Å². The monoisotopic (exact) mass is 318 g/mol. The fourth-order valence-corrected chi connectivity index (χ4v) is 2.11. The highest BCUT2D eigenvalue weighted by molar-refractivity contribution is 7.86. The number of aromatic nitrogens is 3. The minimum Gasteiger partial charge on any atom is -0.497 e. The van der Waals surface area contributed by atoms with Gasteiger partial charge < -0.3 is 10.1 Å². The van der Waals surface area contributed by atoms with Crippen LogP contribution in [-0.2, 0) is 10.1 Å². The number of methoxy groups -OCH3 is 1. The SMILES string of the molecule is COc1ccc(Nc2nc(F)nc(F)n2)c(S(=O)(=O)O)c1. The van der Waals surface area contributed by atoms with Crippen molar-refractivity contribution >= 4 is 21.8 Å². The first-order valence-electron chi connectivity index (χ1n) is 5.29. The van der Waals surface area contributed by atoms with Crippen molar-refractivity contribution in [1.82, 2.24) is 15.0 Å². The number of rotatable bonds is 4. The first-order chi connectivity index (χ1) is 9.79. The van der Waals surface area contributed by atoms with Crippen LogP contribution < -0.4 is 10.1 Å². The number of benzene rings is 1. The van der Waals surface area contributed by atoms with Crippen molar-refractivity contribution in [3.05, 3.63) is 30.4 Å². The molecule has 2 rings (SSSR count). The van der Waals surface area contributed by atoms with Crippen LogP contribution in [0.15, 0.2) is 23.1 Å². The van der Waals surface area contributed by atoms with Gasteiger partial charge in [-0.2, -0.15) is 32.2 Å². The first kappa shape index (κ1) is 15.0. The largest absolute Gasteiger partial charge is 0.497 e. The predicted molar refractivity (Wildman–Crippen MR) is 65.8 cm³/mol. The van der Waals surface area contributed by atoms with E-state index in [0.717, 1.165) is 6.07 Å². The van der Waals surface area contributed by atoms with Crippen LogP contribution in [0.25, 0.3) is 0 Å². The van der Waals surface area contributed by atoms with Gasteiger partial charge in [-0.25, -0.2) is 0 Å². The minimum atomic E-state index is -4.61. The van der Waals surface area contributed by atoms with Crippen LogP contribution in [0, 0.1) is 12.2 Å². The van der Waals surface area contributed by atoms with Crippen molar-refractivity contribution in [3.63, 3.8) is 0 Å².